The molecule has 0 fully saturated rings. The smallest absolute Gasteiger partial charge is 0.311 e. The molecule has 0 aliphatic heterocycles. The van der Waals surface area contributed by atoms with Crippen molar-refractivity contribution in [2.75, 3.05) is 0 Å². The maximum Gasteiger partial charge on any atom is 0.311 e. The fraction of sp³-hybridized carbons (Fsp3) is 0.231. The van der Waals surface area contributed by atoms with Crippen LogP contribution in [0.3, 0.4) is 0 Å². The van der Waals surface area contributed by atoms with Crippen molar-refractivity contribution in [3.63, 3.8) is 0 Å². The number of carbonyl (C=O) groups excluding carboxylic acids is 1. The number of aliphatic carboxylic acids is 1. The lowest BCUT2D eigenvalue weighted by molar-refractivity contribution is -0.384. The van der Waals surface area contributed by atoms with E-state index in [1.54, 1.807) is 13.0 Å². The number of rotatable bonds is 6. The second kappa shape index (κ2) is 6.44. The fourth-order valence-corrected chi connectivity index (χ4v) is 1.56. The number of benzene rings is 1. The Hall–Kier alpha value is -2.50. The Morgan fingerprint density at radius 2 is 2.11 bits per heavy atom. The molecule has 0 saturated carbocycles. The maximum atomic E-state index is 11.6. The lowest BCUT2D eigenvalue weighted by Gasteiger charge is -2.02. The second-order valence-electron chi connectivity index (χ2n) is 3.87. The summed E-state index contributed by atoms with van der Waals surface area (Å²) in [5.74, 6) is -1.68. The molecule has 0 aromatic heterocycles. The van der Waals surface area contributed by atoms with Crippen LogP contribution >= 0.6 is 0 Å². The van der Waals surface area contributed by atoms with Crippen LogP contribution in [0.15, 0.2) is 29.8 Å². The number of nitro benzene ring substituents is 1. The molecule has 1 N–H and O–H groups in total. The van der Waals surface area contributed by atoms with Gasteiger partial charge in [-0.3, -0.25) is 19.7 Å². The van der Waals surface area contributed by atoms with Crippen LogP contribution in [0.25, 0.3) is 6.08 Å². The zero-order valence-corrected chi connectivity index (χ0v) is 10.3. The zero-order valence-electron chi connectivity index (χ0n) is 10.3. The number of carbonyl (C=O) groups is 2. The topological polar surface area (TPSA) is 97.5 Å². The van der Waals surface area contributed by atoms with E-state index in [-0.39, 0.29) is 5.69 Å². The molecule has 1 aromatic rings. The minimum atomic E-state index is -1.19. The number of carboxylic acid groups (broad SMARTS) is 1. The molecule has 0 amide bonds. The Morgan fingerprint density at radius 1 is 1.42 bits per heavy atom. The summed E-state index contributed by atoms with van der Waals surface area (Å²) in [7, 11) is 0. The summed E-state index contributed by atoms with van der Waals surface area (Å²) < 4.78 is 0. The number of carboxylic acids is 1. The van der Waals surface area contributed by atoms with Gasteiger partial charge in [-0.1, -0.05) is 19.1 Å². The molecular formula is C13H13NO5. The Bertz CT molecular complexity index is 548. The molecule has 1 aromatic carbocycles. The summed E-state index contributed by atoms with van der Waals surface area (Å²) in [6.45, 7) is 1.73. The van der Waals surface area contributed by atoms with Gasteiger partial charge in [0.1, 0.15) is 6.42 Å². The van der Waals surface area contributed by atoms with Crippen LogP contribution in [0.1, 0.15) is 25.3 Å². The third-order valence-corrected chi connectivity index (χ3v) is 2.47. The highest BCUT2D eigenvalue weighted by Gasteiger charge is 2.12. The van der Waals surface area contributed by atoms with Gasteiger partial charge >= 0.3 is 5.97 Å². The van der Waals surface area contributed by atoms with E-state index in [4.69, 9.17) is 5.11 Å². The summed E-state index contributed by atoms with van der Waals surface area (Å²) >= 11 is 0. The highest BCUT2D eigenvalue weighted by Crippen LogP contribution is 2.17. The number of non-ortho nitro benzene ring substituents is 1. The first kappa shape index (κ1) is 14.6. The van der Waals surface area contributed by atoms with Crippen molar-refractivity contribution in [1.29, 1.82) is 0 Å². The molecule has 0 aliphatic carbocycles. The molecule has 0 bridgehead atoms. The number of nitrogens with zero attached hydrogens (tertiary/aromatic N) is 1. The summed E-state index contributed by atoms with van der Waals surface area (Å²) in [6, 6.07) is 5.82. The van der Waals surface area contributed by atoms with E-state index < -0.39 is 23.1 Å². The van der Waals surface area contributed by atoms with Crippen molar-refractivity contribution in [1.82, 2.24) is 0 Å². The van der Waals surface area contributed by atoms with Gasteiger partial charge in [0.15, 0.2) is 5.78 Å². The Kier molecular flexibility index (Phi) is 4.93. The molecule has 0 atom stereocenters. The summed E-state index contributed by atoms with van der Waals surface area (Å²) in [6.07, 6.45) is 1.28. The van der Waals surface area contributed by atoms with Crippen LogP contribution in [0.2, 0.25) is 0 Å². The van der Waals surface area contributed by atoms with E-state index in [2.05, 4.69) is 0 Å². The number of hydrogen-bond donors (Lipinski definition) is 1. The predicted molar refractivity (Wildman–Crippen MR) is 68.6 cm³/mol. The molecule has 6 heteroatoms. The van der Waals surface area contributed by atoms with Gasteiger partial charge in [0.25, 0.3) is 5.69 Å². The van der Waals surface area contributed by atoms with E-state index in [0.717, 1.165) is 0 Å². The first-order valence-corrected chi connectivity index (χ1v) is 5.64. The third-order valence-electron chi connectivity index (χ3n) is 2.47. The van der Waals surface area contributed by atoms with Gasteiger partial charge in [-0.15, -0.1) is 0 Å². The van der Waals surface area contributed by atoms with Crippen LogP contribution in [0.5, 0.6) is 0 Å². The van der Waals surface area contributed by atoms with Gasteiger partial charge in [0, 0.05) is 12.1 Å². The minimum Gasteiger partial charge on any atom is -0.481 e. The number of nitro groups is 1. The van der Waals surface area contributed by atoms with Gasteiger partial charge in [-0.2, -0.15) is 0 Å². The summed E-state index contributed by atoms with van der Waals surface area (Å²) in [5, 5.41) is 19.2. The minimum absolute atomic E-state index is 0.0742. The lowest BCUT2D eigenvalue weighted by Crippen LogP contribution is -2.08. The van der Waals surface area contributed by atoms with Gasteiger partial charge < -0.3 is 5.11 Å². The average molecular weight is 263 g/mol. The molecular weight excluding hydrogens is 250 g/mol. The van der Waals surface area contributed by atoms with Crippen molar-refractivity contribution in [3.8, 4) is 0 Å². The van der Waals surface area contributed by atoms with Gasteiger partial charge in [0.2, 0.25) is 0 Å². The van der Waals surface area contributed by atoms with Crippen LogP contribution in [-0.4, -0.2) is 21.8 Å². The van der Waals surface area contributed by atoms with Crippen molar-refractivity contribution >= 4 is 23.5 Å². The summed E-state index contributed by atoms with van der Waals surface area (Å²) in [4.78, 5) is 32.2. The monoisotopic (exact) mass is 263 g/mol. The largest absolute Gasteiger partial charge is 0.481 e. The molecule has 0 heterocycles. The van der Waals surface area contributed by atoms with Gasteiger partial charge in [-0.05, 0) is 23.6 Å². The van der Waals surface area contributed by atoms with E-state index in [1.807, 2.05) is 0 Å². The van der Waals surface area contributed by atoms with Crippen LogP contribution in [0, 0.1) is 10.1 Å². The lowest BCUT2D eigenvalue weighted by atomic mass is 10.0. The highest BCUT2D eigenvalue weighted by molar-refractivity contribution is 6.07. The second-order valence-corrected chi connectivity index (χ2v) is 3.87. The molecule has 19 heavy (non-hydrogen) atoms. The number of ketones is 1. The molecule has 6 nitrogen and oxygen atoms in total. The first-order valence-electron chi connectivity index (χ1n) is 5.64. The maximum absolute atomic E-state index is 11.6. The Morgan fingerprint density at radius 3 is 2.63 bits per heavy atom. The van der Waals surface area contributed by atoms with E-state index in [1.165, 1.54) is 24.3 Å². The van der Waals surface area contributed by atoms with Crippen LogP contribution < -0.4 is 0 Å². The van der Waals surface area contributed by atoms with Gasteiger partial charge in [-0.25, -0.2) is 0 Å². The number of allylic oxidation sites excluding steroid dienone is 1. The molecule has 1 rings (SSSR count). The zero-order chi connectivity index (χ0) is 14.4. The standard InChI is InChI=1S/C13H13NO5/c1-2-10(12(15)8-13(16)17)6-9-4-3-5-11(7-9)14(18)19/h3-7H,2,8H2,1H3,(H,16,17). The number of Topliss-reactive ketones (excluding diaryl/α,β-unsaturated/α-hetero) is 1. The average Bonchev–Trinajstić information content (AvgIpc) is 2.35. The van der Waals surface area contributed by atoms with E-state index in [0.29, 0.717) is 17.6 Å². The molecule has 0 saturated heterocycles. The Balaban J connectivity index is 3.03. The van der Waals surface area contributed by atoms with Crippen LogP contribution in [-0.2, 0) is 9.59 Å². The van der Waals surface area contributed by atoms with Crippen molar-refractivity contribution in [3.05, 3.63) is 45.5 Å². The molecule has 0 spiro atoms. The molecule has 100 valence electrons. The molecule has 0 radical (unpaired) electrons. The normalized spacial score (nSPS) is 11.1. The van der Waals surface area contributed by atoms with Crippen molar-refractivity contribution < 1.29 is 19.6 Å². The van der Waals surface area contributed by atoms with E-state index in [9.17, 15) is 19.7 Å². The Labute approximate surface area is 109 Å². The quantitative estimate of drug-likeness (QED) is 0.368. The van der Waals surface area contributed by atoms with Gasteiger partial charge in [0.05, 0.1) is 4.92 Å². The van der Waals surface area contributed by atoms with Crippen molar-refractivity contribution in [2.24, 2.45) is 0 Å². The van der Waals surface area contributed by atoms with Crippen LogP contribution in [0.4, 0.5) is 5.69 Å². The highest BCUT2D eigenvalue weighted by atomic mass is 16.6. The fourth-order valence-electron chi connectivity index (χ4n) is 1.56. The van der Waals surface area contributed by atoms with E-state index >= 15 is 0 Å². The first-order chi connectivity index (χ1) is 8.93. The number of hydrogen-bond acceptors (Lipinski definition) is 4. The molecule has 0 aliphatic rings. The molecule has 0 unspecified atom stereocenters. The predicted octanol–water partition coefficient (Wildman–Crippen LogP) is 2.43. The summed E-state index contributed by atoms with van der Waals surface area (Å²) in [5.41, 5.74) is 0.766. The SMILES string of the molecule is CCC(=Cc1cccc([N+](=O)[O-])c1)C(=O)CC(=O)O. The van der Waals surface area contributed by atoms with Crippen molar-refractivity contribution in [2.45, 2.75) is 19.8 Å². The third kappa shape index (κ3) is 4.34.